The molecule has 0 atom stereocenters. The maximum Gasteiger partial charge on any atom is 0.408 e. The average molecular weight is 521 g/mol. The first kappa shape index (κ1) is 24.1. The molecule has 2 N–H and O–H groups in total. The van der Waals surface area contributed by atoms with Crippen LogP contribution in [0.4, 0.5) is 24.8 Å². The highest BCUT2D eigenvalue weighted by molar-refractivity contribution is 5.77. The van der Waals surface area contributed by atoms with Crippen LogP contribution in [0.2, 0.25) is 0 Å². The monoisotopic (exact) mass is 520 g/mol. The molecule has 4 aromatic rings. The maximum absolute atomic E-state index is 13.5. The number of anilines is 2. The van der Waals surface area contributed by atoms with Gasteiger partial charge in [-0.25, -0.2) is 19.3 Å². The van der Waals surface area contributed by atoms with E-state index in [4.69, 9.17) is 0 Å². The van der Waals surface area contributed by atoms with Crippen LogP contribution in [0.1, 0.15) is 36.1 Å². The third-order valence-electron chi connectivity index (χ3n) is 7.22. The topological polar surface area (TPSA) is 113 Å². The van der Waals surface area contributed by atoms with Gasteiger partial charge in [0, 0.05) is 18.4 Å². The summed E-state index contributed by atoms with van der Waals surface area (Å²) in [5.74, 6) is 0.202. The number of benzene rings is 1. The molecule has 0 spiro atoms. The Bertz CT molecular complexity index is 1650. The Hall–Kier alpha value is -4.24. The van der Waals surface area contributed by atoms with Crippen LogP contribution in [0.5, 0.6) is 0 Å². The molecule has 0 radical (unpaired) electrons. The van der Waals surface area contributed by atoms with Gasteiger partial charge in [0.2, 0.25) is 5.95 Å². The van der Waals surface area contributed by atoms with E-state index in [2.05, 4.69) is 31.7 Å². The molecule has 1 saturated carbocycles. The predicted octanol–water partition coefficient (Wildman–Crippen LogP) is 3.87. The molecule has 0 saturated heterocycles. The van der Waals surface area contributed by atoms with Crippen molar-refractivity contribution >= 4 is 22.7 Å². The van der Waals surface area contributed by atoms with Gasteiger partial charge < -0.3 is 10.6 Å². The fraction of sp³-hybridized carbons (Fsp3) is 0.346. The number of fused-ring (bicyclic) bond motifs is 2. The van der Waals surface area contributed by atoms with Crippen LogP contribution in [-0.4, -0.2) is 37.0 Å². The SMILES string of the molecule is N#CC1(c2cccc(-n3c4nc(Nc5ccc6c(c5)CNCC6)ncc4c(=O)n3CC(F)(F)F)n2)CCC1. The summed E-state index contributed by atoms with van der Waals surface area (Å²) in [4.78, 5) is 26.3. The second-order valence-corrected chi connectivity index (χ2v) is 9.68. The number of halogens is 3. The second-order valence-electron chi connectivity index (χ2n) is 9.68. The first-order chi connectivity index (χ1) is 18.3. The Morgan fingerprint density at radius 1 is 1.16 bits per heavy atom. The third kappa shape index (κ3) is 4.18. The molecule has 194 valence electrons. The number of rotatable bonds is 5. The second kappa shape index (κ2) is 8.95. The van der Waals surface area contributed by atoms with Gasteiger partial charge in [0.05, 0.1) is 17.2 Å². The van der Waals surface area contributed by atoms with Gasteiger partial charge in [-0.05, 0) is 67.6 Å². The molecule has 9 nitrogen and oxygen atoms in total. The van der Waals surface area contributed by atoms with Gasteiger partial charge in [-0.15, -0.1) is 0 Å². The van der Waals surface area contributed by atoms with Crippen molar-refractivity contribution in [2.24, 2.45) is 0 Å². The van der Waals surface area contributed by atoms with Crippen LogP contribution in [0.15, 0.2) is 47.4 Å². The number of nitriles is 1. The van der Waals surface area contributed by atoms with Gasteiger partial charge in [-0.1, -0.05) is 12.1 Å². The van der Waals surface area contributed by atoms with E-state index in [-0.39, 0.29) is 22.8 Å². The number of nitrogens with zero attached hydrogens (tertiary/aromatic N) is 6. The van der Waals surface area contributed by atoms with Crippen LogP contribution in [0.25, 0.3) is 16.9 Å². The fourth-order valence-electron chi connectivity index (χ4n) is 5.08. The van der Waals surface area contributed by atoms with Crippen molar-refractivity contribution in [1.29, 1.82) is 5.26 Å². The lowest BCUT2D eigenvalue weighted by Crippen LogP contribution is -2.34. The molecule has 2 aliphatic rings. The number of pyridine rings is 1. The molecular weight excluding hydrogens is 497 g/mol. The van der Waals surface area contributed by atoms with Crippen LogP contribution in [-0.2, 0) is 24.9 Å². The Morgan fingerprint density at radius 3 is 2.74 bits per heavy atom. The molecule has 38 heavy (non-hydrogen) atoms. The van der Waals surface area contributed by atoms with E-state index < -0.39 is 23.7 Å². The van der Waals surface area contributed by atoms with Gasteiger partial charge in [0.1, 0.15) is 11.9 Å². The van der Waals surface area contributed by atoms with Crippen molar-refractivity contribution in [1.82, 2.24) is 29.6 Å². The summed E-state index contributed by atoms with van der Waals surface area (Å²) in [5, 5.41) is 16.1. The fourth-order valence-corrected chi connectivity index (χ4v) is 5.08. The summed E-state index contributed by atoms with van der Waals surface area (Å²) in [6.07, 6.45) is -0.408. The van der Waals surface area contributed by atoms with Crippen molar-refractivity contribution in [3.63, 3.8) is 0 Å². The van der Waals surface area contributed by atoms with Gasteiger partial charge in [0.25, 0.3) is 5.56 Å². The summed E-state index contributed by atoms with van der Waals surface area (Å²) in [6, 6.07) is 13.0. The average Bonchev–Trinajstić information content (AvgIpc) is 3.13. The first-order valence-corrected chi connectivity index (χ1v) is 12.3. The molecule has 12 heteroatoms. The van der Waals surface area contributed by atoms with Gasteiger partial charge in [-0.2, -0.15) is 23.4 Å². The van der Waals surface area contributed by atoms with Crippen LogP contribution >= 0.6 is 0 Å². The quantitative estimate of drug-likeness (QED) is 0.411. The maximum atomic E-state index is 13.5. The van der Waals surface area contributed by atoms with Crippen LogP contribution in [0, 0.1) is 11.3 Å². The highest BCUT2D eigenvalue weighted by Crippen LogP contribution is 2.42. The standard InChI is InChI=1S/C26H23F3N8O/c27-26(28,29)15-36-23(38)19-13-32-24(33-18-6-5-16-7-10-31-12-17(16)11-18)35-22(19)37(36)21-4-1-3-20(34-21)25(14-30)8-2-9-25/h1,3-6,11,13,31H,2,7-10,12,15H2,(H,32,33,35). The molecule has 1 aromatic carbocycles. The number of alkyl halides is 3. The lowest BCUT2D eigenvalue weighted by molar-refractivity contribution is -0.144. The number of hydrogen-bond donors (Lipinski definition) is 2. The van der Waals surface area contributed by atoms with E-state index in [0.29, 0.717) is 23.2 Å². The summed E-state index contributed by atoms with van der Waals surface area (Å²) in [5.41, 5.74) is 1.89. The first-order valence-electron chi connectivity index (χ1n) is 12.3. The zero-order valence-electron chi connectivity index (χ0n) is 20.2. The van der Waals surface area contributed by atoms with Crippen molar-refractivity contribution in [3.8, 4) is 11.9 Å². The molecule has 0 bridgehead atoms. The van der Waals surface area contributed by atoms with Crippen LogP contribution in [0.3, 0.4) is 0 Å². The van der Waals surface area contributed by atoms with Gasteiger partial charge >= 0.3 is 6.18 Å². The Labute approximate surface area is 214 Å². The van der Waals surface area contributed by atoms with E-state index in [0.717, 1.165) is 41.9 Å². The van der Waals surface area contributed by atoms with Crippen molar-refractivity contribution in [3.05, 3.63) is 69.8 Å². The van der Waals surface area contributed by atoms with E-state index in [1.807, 2.05) is 18.2 Å². The minimum atomic E-state index is -4.67. The smallest absolute Gasteiger partial charge is 0.324 e. The molecule has 1 aliphatic carbocycles. The zero-order chi connectivity index (χ0) is 26.5. The molecule has 4 heterocycles. The highest BCUT2D eigenvalue weighted by atomic mass is 19.4. The van der Waals surface area contributed by atoms with Crippen molar-refractivity contribution in [2.45, 2.75) is 50.4 Å². The number of aromatic nitrogens is 5. The molecule has 0 amide bonds. The Kier molecular flexibility index (Phi) is 5.68. The number of hydrogen-bond acceptors (Lipinski definition) is 7. The third-order valence-corrected chi connectivity index (χ3v) is 7.22. The summed E-state index contributed by atoms with van der Waals surface area (Å²) >= 11 is 0. The molecule has 6 rings (SSSR count). The highest BCUT2D eigenvalue weighted by Gasteiger charge is 2.41. The largest absolute Gasteiger partial charge is 0.408 e. The van der Waals surface area contributed by atoms with Crippen molar-refractivity contribution in [2.75, 3.05) is 11.9 Å². The molecular formula is C26H23F3N8O. The summed E-state index contributed by atoms with van der Waals surface area (Å²) in [6.45, 7) is 0.117. The van der Waals surface area contributed by atoms with E-state index in [1.165, 1.54) is 17.8 Å². The molecule has 3 aromatic heterocycles. The van der Waals surface area contributed by atoms with E-state index >= 15 is 0 Å². The lowest BCUT2D eigenvalue weighted by Gasteiger charge is -2.34. The molecule has 1 aliphatic heterocycles. The zero-order valence-corrected chi connectivity index (χ0v) is 20.2. The Morgan fingerprint density at radius 2 is 2.00 bits per heavy atom. The number of nitrogens with one attached hydrogen (secondary N) is 2. The van der Waals surface area contributed by atoms with Crippen molar-refractivity contribution < 1.29 is 13.2 Å². The predicted molar refractivity (Wildman–Crippen MR) is 133 cm³/mol. The molecule has 1 fully saturated rings. The van der Waals surface area contributed by atoms with Crippen LogP contribution < -0.4 is 16.2 Å². The van der Waals surface area contributed by atoms with E-state index in [9.17, 15) is 23.2 Å². The summed E-state index contributed by atoms with van der Waals surface area (Å²) in [7, 11) is 0. The Balaban J connectivity index is 1.47. The minimum absolute atomic E-state index is 0.0133. The normalized spacial score (nSPS) is 16.5. The van der Waals surface area contributed by atoms with Gasteiger partial charge in [0.15, 0.2) is 11.5 Å². The summed E-state index contributed by atoms with van der Waals surface area (Å²) < 4.78 is 42.3. The van der Waals surface area contributed by atoms with E-state index in [1.54, 1.807) is 12.1 Å². The molecule has 0 unspecified atom stereocenters. The lowest BCUT2D eigenvalue weighted by atomic mass is 9.67. The van der Waals surface area contributed by atoms with Gasteiger partial charge in [-0.3, -0.25) is 4.79 Å². The minimum Gasteiger partial charge on any atom is -0.324 e.